The van der Waals surface area contributed by atoms with Gasteiger partial charge in [-0.05, 0) is 53.7 Å². The van der Waals surface area contributed by atoms with E-state index in [1.165, 1.54) is 36.4 Å². The smallest absolute Gasteiger partial charge is 0.332 e. The van der Waals surface area contributed by atoms with E-state index in [1.807, 2.05) is 0 Å². The summed E-state index contributed by atoms with van der Waals surface area (Å²) < 4.78 is 15.4. The number of ether oxygens (including phenoxy) is 2. The van der Waals surface area contributed by atoms with E-state index in [0.29, 0.717) is 21.2 Å². The Hall–Kier alpha value is -4.46. The van der Waals surface area contributed by atoms with E-state index in [1.54, 1.807) is 36.4 Å². The Morgan fingerprint density at radius 1 is 0.976 bits per heavy atom. The van der Waals surface area contributed by atoms with Crippen LogP contribution in [0.5, 0.6) is 17.5 Å². The summed E-state index contributed by atoms with van der Waals surface area (Å²) in [5, 5.41) is 5.47. The van der Waals surface area contributed by atoms with Gasteiger partial charge in [-0.15, -0.1) is 0 Å². The van der Waals surface area contributed by atoms with Gasteiger partial charge in [-0.2, -0.15) is 4.98 Å². The SMILES string of the molecule is COc1cc(C=C2C(=O)NC(=S)NC2=O)ccc1Oc1nc2c(c(=O)n(C)c(=O)n2C)n1Cc1ccc(Cl)cc1Cl. The molecule has 0 atom stereocenters. The van der Waals surface area contributed by atoms with Crippen molar-refractivity contribution in [1.82, 2.24) is 29.3 Å². The van der Waals surface area contributed by atoms with Gasteiger partial charge < -0.3 is 9.47 Å². The van der Waals surface area contributed by atoms with E-state index in [0.717, 1.165) is 4.57 Å². The summed E-state index contributed by atoms with van der Waals surface area (Å²) in [7, 11) is 4.27. The highest BCUT2D eigenvalue weighted by Gasteiger charge is 2.26. The van der Waals surface area contributed by atoms with Crippen LogP contribution < -0.4 is 31.4 Å². The van der Waals surface area contributed by atoms with Gasteiger partial charge >= 0.3 is 11.7 Å². The molecule has 4 aromatic rings. The van der Waals surface area contributed by atoms with Gasteiger partial charge in [0.2, 0.25) is 0 Å². The summed E-state index contributed by atoms with van der Waals surface area (Å²) >= 11 is 17.3. The number of nitrogens with one attached hydrogen (secondary N) is 2. The van der Waals surface area contributed by atoms with E-state index < -0.39 is 23.1 Å². The van der Waals surface area contributed by atoms with Gasteiger partial charge in [-0.25, -0.2) is 4.79 Å². The van der Waals surface area contributed by atoms with Gasteiger partial charge in [0.25, 0.3) is 17.4 Å². The quantitative estimate of drug-likeness (QED) is 0.192. The number of aromatic nitrogens is 4. The molecule has 2 aromatic carbocycles. The lowest BCUT2D eigenvalue weighted by molar-refractivity contribution is -0.123. The van der Waals surface area contributed by atoms with Crippen molar-refractivity contribution < 1.29 is 19.1 Å². The first-order valence-corrected chi connectivity index (χ1v) is 13.0. The van der Waals surface area contributed by atoms with Crippen LogP contribution in [0.3, 0.4) is 0 Å². The largest absolute Gasteiger partial charge is 0.493 e. The molecule has 1 saturated heterocycles. The maximum atomic E-state index is 13.2. The van der Waals surface area contributed by atoms with Crippen LogP contribution in [0.2, 0.25) is 10.0 Å². The molecule has 0 unspecified atom stereocenters. The van der Waals surface area contributed by atoms with E-state index in [4.69, 9.17) is 44.9 Å². The number of benzene rings is 2. The molecule has 1 fully saturated rings. The maximum absolute atomic E-state index is 13.2. The lowest BCUT2D eigenvalue weighted by Gasteiger charge is -2.16. The molecule has 0 spiro atoms. The zero-order chi connectivity index (χ0) is 29.6. The molecule has 0 aliphatic carbocycles. The van der Waals surface area contributed by atoms with Gasteiger partial charge in [0.05, 0.1) is 13.7 Å². The molecule has 2 N–H and O–H groups in total. The van der Waals surface area contributed by atoms with Crippen LogP contribution in [0.4, 0.5) is 0 Å². The van der Waals surface area contributed by atoms with Crippen molar-refractivity contribution in [2.45, 2.75) is 6.54 Å². The van der Waals surface area contributed by atoms with E-state index in [2.05, 4.69) is 15.6 Å². The predicted molar refractivity (Wildman–Crippen MR) is 156 cm³/mol. The second-order valence-corrected chi connectivity index (χ2v) is 10.2. The highest BCUT2D eigenvalue weighted by molar-refractivity contribution is 7.80. The molecule has 41 heavy (non-hydrogen) atoms. The molecule has 12 nitrogen and oxygen atoms in total. The molecule has 2 aromatic heterocycles. The average molecular weight is 615 g/mol. The minimum Gasteiger partial charge on any atom is -0.493 e. The first-order chi connectivity index (χ1) is 19.5. The normalized spacial score (nSPS) is 13.3. The minimum absolute atomic E-state index is 0.0201. The number of hydrogen-bond acceptors (Lipinski definition) is 8. The molecule has 0 bridgehead atoms. The van der Waals surface area contributed by atoms with E-state index >= 15 is 0 Å². The molecule has 2 amide bonds. The maximum Gasteiger partial charge on any atom is 0.332 e. The lowest BCUT2D eigenvalue weighted by Crippen LogP contribution is -2.51. The molecule has 210 valence electrons. The number of thiocarbonyl (C=S) groups is 1. The Balaban J connectivity index is 1.61. The number of carbonyl (C=O) groups is 2. The molecule has 1 aliphatic rings. The Morgan fingerprint density at radius 2 is 1.68 bits per heavy atom. The van der Waals surface area contributed by atoms with Crippen molar-refractivity contribution >= 4 is 69.6 Å². The molecule has 5 rings (SSSR count). The molecule has 0 saturated carbocycles. The summed E-state index contributed by atoms with van der Waals surface area (Å²) in [4.78, 5) is 54.8. The average Bonchev–Trinajstić information content (AvgIpc) is 3.28. The van der Waals surface area contributed by atoms with Crippen LogP contribution in [-0.4, -0.2) is 42.7 Å². The highest BCUT2D eigenvalue weighted by atomic mass is 35.5. The number of amides is 2. The number of carbonyl (C=O) groups excluding carboxylic acids is 2. The predicted octanol–water partition coefficient (Wildman–Crippen LogP) is 2.50. The number of rotatable bonds is 6. The van der Waals surface area contributed by atoms with Crippen molar-refractivity contribution in [1.29, 1.82) is 0 Å². The molecule has 1 aliphatic heterocycles. The molecule has 3 heterocycles. The van der Waals surface area contributed by atoms with E-state index in [9.17, 15) is 19.2 Å². The standard InChI is InChI=1S/C26H20Cl2N6O6S/c1-32-20-19(23(37)33(2)26(32)38)34(11-13-5-6-14(27)10-16(13)28)25(29-20)40-17-7-4-12(9-18(17)39-3)8-15-21(35)30-24(41)31-22(15)36/h4-10H,11H2,1-3H3,(H2,30,31,35,36,41). The summed E-state index contributed by atoms with van der Waals surface area (Å²) in [5.41, 5.74) is 0.0120. The molecular weight excluding hydrogens is 595 g/mol. The number of nitrogens with zero attached hydrogens (tertiary/aromatic N) is 4. The summed E-state index contributed by atoms with van der Waals surface area (Å²) in [5.74, 6) is -0.843. The van der Waals surface area contributed by atoms with Gasteiger partial charge in [0.15, 0.2) is 27.8 Å². The number of fused-ring (bicyclic) bond motifs is 1. The second kappa shape index (κ2) is 10.8. The Bertz CT molecular complexity index is 1920. The summed E-state index contributed by atoms with van der Waals surface area (Å²) in [6.45, 7) is 0.0634. The minimum atomic E-state index is -0.639. The third kappa shape index (κ3) is 5.22. The van der Waals surface area contributed by atoms with Crippen molar-refractivity contribution in [2.24, 2.45) is 14.1 Å². The van der Waals surface area contributed by atoms with Crippen LogP contribution in [0, 0.1) is 0 Å². The Morgan fingerprint density at radius 3 is 2.34 bits per heavy atom. The monoisotopic (exact) mass is 614 g/mol. The van der Waals surface area contributed by atoms with Crippen molar-refractivity contribution in [3.8, 4) is 17.5 Å². The second-order valence-electron chi connectivity index (χ2n) is 8.90. The molecule has 0 radical (unpaired) electrons. The lowest BCUT2D eigenvalue weighted by atomic mass is 10.1. The summed E-state index contributed by atoms with van der Waals surface area (Å²) in [6, 6.07) is 9.61. The van der Waals surface area contributed by atoms with Gasteiger partial charge in [-0.1, -0.05) is 35.3 Å². The van der Waals surface area contributed by atoms with Gasteiger partial charge in [0.1, 0.15) is 5.57 Å². The topological polar surface area (TPSA) is 138 Å². The molecular formula is C26H20Cl2N6O6S. The Kier molecular flexibility index (Phi) is 7.43. The fourth-order valence-corrected chi connectivity index (χ4v) is 4.85. The van der Waals surface area contributed by atoms with Crippen molar-refractivity contribution in [3.63, 3.8) is 0 Å². The first-order valence-electron chi connectivity index (χ1n) is 11.8. The number of hydrogen-bond donors (Lipinski definition) is 2. The van der Waals surface area contributed by atoms with E-state index in [-0.39, 0.29) is 45.9 Å². The van der Waals surface area contributed by atoms with Crippen LogP contribution in [0.25, 0.3) is 17.2 Å². The highest BCUT2D eigenvalue weighted by Crippen LogP contribution is 2.34. The van der Waals surface area contributed by atoms with Crippen LogP contribution in [0.15, 0.2) is 51.6 Å². The first kappa shape index (κ1) is 28.1. The van der Waals surface area contributed by atoms with Crippen LogP contribution >= 0.6 is 35.4 Å². The van der Waals surface area contributed by atoms with Crippen molar-refractivity contribution in [2.75, 3.05) is 7.11 Å². The third-order valence-electron chi connectivity index (χ3n) is 6.30. The zero-order valence-corrected chi connectivity index (χ0v) is 24.0. The fraction of sp³-hybridized carbons (Fsp3) is 0.154. The summed E-state index contributed by atoms with van der Waals surface area (Å²) in [6.07, 6.45) is 1.37. The number of halogens is 2. The third-order valence-corrected chi connectivity index (χ3v) is 7.09. The number of imidazole rings is 1. The van der Waals surface area contributed by atoms with Crippen LogP contribution in [-0.2, 0) is 30.2 Å². The zero-order valence-electron chi connectivity index (χ0n) is 21.7. The number of aryl methyl sites for hydroxylation is 1. The number of methoxy groups -OCH3 is 1. The molecule has 15 heteroatoms. The Labute approximate surface area is 246 Å². The van der Waals surface area contributed by atoms with Gasteiger partial charge in [-0.3, -0.25) is 38.7 Å². The van der Waals surface area contributed by atoms with Gasteiger partial charge in [0, 0.05) is 24.1 Å². The van der Waals surface area contributed by atoms with Crippen LogP contribution in [0.1, 0.15) is 11.1 Å². The fourth-order valence-electron chi connectivity index (χ4n) is 4.20. The van der Waals surface area contributed by atoms with Crippen molar-refractivity contribution in [3.05, 3.63) is 84.0 Å².